The number of hydrogen-bond donors (Lipinski definition) is 1. The molecule has 0 fully saturated rings. The molecule has 2 rings (SSSR count). The third-order valence-electron chi connectivity index (χ3n) is 3.51. The molecule has 0 aliphatic carbocycles. The van der Waals surface area contributed by atoms with Crippen LogP contribution >= 0.6 is 0 Å². The first kappa shape index (κ1) is 15.3. The highest BCUT2D eigenvalue weighted by Crippen LogP contribution is 2.31. The van der Waals surface area contributed by atoms with E-state index in [9.17, 15) is 9.50 Å². The average molecular weight is 290 g/mol. The molecule has 1 unspecified atom stereocenters. The van der Waals surface area contributed by atoms with Crippen LogP contribution in [0.2, 0.25) is 0 Å². The summed E-state index contributed by atoms with van der Waals surface area (Å²) in [5, 5.41) is 10.5. The summed E-state index contributed by atoms with van der Waals surface area (Å²) in [6.45, 7) is 1.83. The van der Waals surface area contributed by atoms with Gasteiger partial charge in [0.2, 0.25) is 0 Å². The Morgan fingerprint density at radius 1 is 1.10 bits per heavy atom. The van der Waals surface area contributed by atoms with E-state index < -0.39 is 6.10 Å². The van der Waals surface area contributed by atoms with Gasteiger partial charge in [-0.15, -0.1) is 0 Å². The molecule has 0 aliphatic heterocycles. The SMILES string of the molecule is COc1ccc(OC)c(C(O)Cc2ccc(F)cc2C)c1. The summed E-state index contributed by atoms with van der Waals surface area (Å²) in [5.41, 5.74) is 2.37. The molecule has 0 heterocycles. The Labute approximate surface area is 124 Å². The molecule has 0 aliphatic rings. The summed E-state index contributed by atoms with van der Waals surface area (Å²) in [6, 6.07) is 9.85. The minimum atomic E-state index is -0.751. The van der Waals surface area contributed by atoms with E-state index in [0.29, 0.717) is 23.5 Å². The molecular formula is C17H19FO3. The number of rotatable bonds is 5. The summed E-state index contributed by atoms with van der Waals surface area (Å²) < 4.78 is 23.6. The lowest BCUT2D eigenvalue weighted by Crippen LogP contribution is -2.06. The van der Waals surface area contributed by atoms with Crippen molar-refractivity contribution in [2.24, 2.45) is 0 Å². The molecule has 21 heavy (non-hydrogen) atoms. The van der Waals surface area contributed by atoms with Crippen molar-refractivity contribution in [3.63, 3.8) is 0 Å². The number of aliphatic hydroxyl groups excluding tert-OH is 1. The number of aryl methyl sites for hydroxylation is 1. The molecule has 0 bridgehead atoms. The van der Waals surface area contributed by atoms with Crippen LogP contribution in [0.15, 0.2) is 36.4 Å². The Hall–Kier alpha value is -2.07. The summed E-state index contributed by atoms with van der Waals surface area (Å²) in [7, 11) is 3.13. The first-order valence-corrected chi connectivity index (χ1v) is 6.70. The molecule has 0 saturated heterocycles. The van der Waals surface area contributed by atoms with E-state index in [1.165, 1.54) is 12.1 Å². The number of benzene rings is 2. The Kier molecular flexibility index (Phi) is 4.81. The average Bonchev–Trinajstić information content (AvgIpc) is 2.49. The van der Waals surface area contributed by atoms with Crippen LogP contribution in [0.4, 0.5) is 4.39 Å². The van der Waals surface area contributed by atoms with E-state index in [-0.39, 0.29) is 5.82 Å². The predicted octanol–water partition coefficient (Wildman–Crippen LogP) is 3.43. The van der Waals surface area contributed by atoms with Gasteiger partial charge in [0.05, 0.1) is 20.3 Å². The lowest BCUT2D eigenvalue weighted by Gasteiger charge is -2.17. The Morgan fingerprint density at radius 3 is 2.48 bits per heavy atom. The number of halogens is 1. The summed E-state index contributed by atoms with van der Waals surface area (Å²) in [4.78, 5) is 0. The van der Waals surface area contributed by atoms with Crippen molar-refractivity contribution in [2.75, 3.05) is 14.2 Å². The molecule has 2 aromatic carbocycles. The Balaban J connectivity index is 2.28. The zero-order valence-electron chi connectivity index (χ0n) is 12.4. The maximum Gasteiger partial charge on any atom is 0.124 e. The zero-order valence-corrected chi connectivity index (χ0v) is 12.4. The van der Waals surface area contributed by atoms with E-state index in [4.69, 9.17) is 9.47 Å². The fourth-order valence-corrected chi connectivity index (χ4v) is 2.31. The van der Waals surface area contributed by atoms with Crippen LogP contribution in [-0.4, -0.2) is 19.3 Å². The smallest absolute Gasteiger partial charge is 0.124 e. The van der Waals surface area contributed by atoms with Crippen molar-refractivity contribution >= 4 is 0 Å². The highest BCUT2D eigenvalue weighted by atomic mass is 19.1. The molecule has 2 aromatic rings. The van der Waals surface area contributed by atoms with Gasteiger partial charge < -0.3 is 14.6 Å². The molecule has 3 nitrogen and oxygen atoms in total. The van der Waals surface area contributed by atoms with Gasteiger partial charge in [0.15, 0.2) is 0 Å². The van der Waals surface area contributed by atoms with Gasteiger partial charge in [-0.05, 0) is 48.4 Å². The third-order valence-corrected chi connectivity index (χ3v) is 3.51. The molecular weight excluding hydrogens is 271 g/mol. The third kappa shape index (κ3) is 3.52. The van der Waals surface area contributed by atoms with Gasteiger partial charge in [-0.3, -0.25) is 0 Å². The van der Waals surface area contributed by atoms with Crippen LogP contribution in [0.5, 0.6) is 11.5 Å². The van der Waals surface area contributed by atoms with E-state index in [0.717, 1.165) is 11.1 Å². The highest BCUT2D eigenvalue weighted by Gasteiger charge is 2.16. The van der Waals surface area contributed by atoms with Gasteiger partial charge in [-0.2, -0.15) is 0 Å². The van der Waals surface area contributed by atoms with Gasteiger partial charge in [0, 0.05) is 12.0 Å². The molecule has 1 N–H and O–H groups in total. The van der Waals surface area contributed by atoms with E-state index >= 15 is 0 Å². The van der Waals surface area contributed by atoms with Gasteiger partial charge in [-0.1, -0.05) is 6.07 Å². The van der Waals surface area contributed by atoms with Crippen molar-refractivity contribution in [3.05, 3.63) is 58.9 Å². The lowest BCUT2D eigenvalue weighted by atomic mass is 9.97. The standard InChI is InChI=1S/C17H19FO3/c1-11-8-13(18)5-4-12(11)9-16(19)15-10-14(20-2)6-7-17(15)21-3/h4-8,10,16,19H,9H2,1-3H3. The largest absolute Gasteiger partial charge is 0.497 e. The maximum atomic E-state index is 13.1. The van der Waals surface area contributed by atoms with E-state index in [2.05, 4.69) is 0 Å². The monoisotopic (exact) mass is 290 g/mol. The minimum absolute atomic E-state index is 0.273. The molecule has 0 spiro atoms. The number of hydrogen-bond acceptors (Lipinski definition) is 3. The minimum Gasteiger partial charge on any atom is -0.497 e. The molecule has 0 amide bonds. The van der Waals surface area contributed by atoms with Crippen LogP contribution in [0.25, 0.3) is 0 Å². The second-order valence-electron chi connectivity index (χ2n) is 4.90. The van der Waals surface area contributed by atoms with Crippen molar-refractivity contribution in [2.45, 2.75) is 19.4 Å². The lowest BCUT2D eigenvalue weighted by molar-refractivity contribution is 0.173. The molecule has 4 heteroatoms. The van der Waals surface area contributed by atoms with E-state index in [1.807, 2.05) is 6.92 Å². The van der Waals surface area contributed by atoms with Crippen LogP contribution in [0, 0.1) is 12.7 Å². The van der Waals surface area contributed by atoms with Crippen molar-refractivity contribution in [1.82, 2.24) is 0 Å². The van der Waals surface area contributed by atoms with Crippen LogP contribution in [-0.2, 0) is 6.42 Å². The van der Waals surface area contributed by atoms with Gasteiger partial charge >= 0.3 is 0 Å². The summed E-state index contributed by atoms with van der Waals surface area (Å²) in [5.74, 6) is 0.980. The predicted molar refractivity (Wildman–Crippen MR) is 79.3 cm³/mol. The fourth-order valence-electron chi connectivity index (χ4n) is 2.31. The molecule has 0 saturated carbocycles. The fraction of sp³-hybridized carbons (Fsp3) is 0.294. The first-order chi connectivity index (χ1) is 10.0. The van der Waals surface area contributed by atoms with Crippen LogP contribution < -0.4 is 9.47 Å². The van der Waals surface area contributed by atoms with E-state index in [1.54, 1.807) is 38.5 Å². The van der Waals surface area contributed by atoms with Gasteiger partial charge in [-0.25, -0.2) is 4.39 Å². The Morgan fingerprint density at radius 2 is 1.86 bits per heavy atom. The topological polar surface area (TPSA) is 38.7 Å². The Bertz CT molecular complexity index is 625. The summed E-state index contributed by atoms with van der Waals surface area (Å²) in [6.07, 6.45) is -0.366. The van der Waals surface area contributed by atoms with Gasteiger partial charge in [0.1, 0.15) is 17.3 Å². The normalized spacial score (nSPS) is 12.0. The summed E-state index contributed by atoms with van der Waals surface area (Å²) >= 11 is 0. The first-order valence-electron chi connectivity index (χ1n) is 6.70. The van der Waals surface area contributed by atoms with Gasteiger partial charge in [0.25, 0.3) is 0 Å². The molecule has 112 valence electrons. The number of methoxy groups -OCH3 is 2. The number of aliphatic hydroxyl groups is 1. The number of ether oxygens (including phenoxy) is 2. The van der Waals surface area contributed by atoms with Crippen LogP contribution in [0.1, 0.15) is 22.8 Å². The maximum absolute atomic E-state index is 13.1. The molecule has 1 atom stereocenters. The quantitative estimate of drug-likeness (QED) is 0.917. The van der Waals surface area contributed by atoms with Crippen molar-refractivity contribution in [1.29, 1.82) is 0 Å². The van der Waals surface area contributed by atoms with Crippen LogP contribution in [0.3, 0.4) is 0 Å². The van der Waals surface area contributed by atoms with Crippen molar-refractivity contribution < 1.29 is 19.0 Å². The second-order valence-corrected chi connectivity index (χ2v) is 4.90. The van der Waals surface area contributed by atoms with Crippen molar-refractivity contribution in [3.8, 4) is 11.5 Å². The molecule has 0 radical (unpaired) electrons. The highest BCUT2D eigenvalue weighted by molar-refractivity contribution is 5.42. The zero-order chi connectivity index (χ0) is 15.4. The second kappa shape index (κ2) is 6.59. The molecule has 0 aromatic heterocycles.